The predicted octanol–water partition coefficient (Wildman–Crippen LogP) is 0.116. The van der Waals surface area contributed by atoms with Gasteiger partial charge >= 0.3 is 0 Å². The molecule has 0 saturated carbocycles. The Kier molecular flexibility index (Phi) is 2.70. The zero-order valence-corrected chi connectivity index (χ0v) is 6.93. The summed E-state index contributed by atoms with van der Waals surface area (Å²) in [5.41, 5.74) is 8.01. The van der Waals surface area contributed by atoms with Crippen molar-refractivity contribution < 1.29 is 0 Å². The minimum absolute atomic E-state index is 0.0408. The van der Waals surface area contributed by atoms with Crippen molar-refractivity contribution in [2.45, 2.75) is 19.8 Å². The smallest absolute Gasteiger partial charge is 0.200 e. The van der Waals surface area contributed by atoms with Crippen LogP contribution in [0.25, 0.3) is 0 Å². The van der Waals surface area contributed by atoms with Gasteiger partial charge in [-0.25, -0.2) is 5.01 Å². The average molecular weight is 156 g/mol. The van der Waals surface area contributed by atoms with Gasteiger partial charge in [0.2, 0.25) is 5.96 Å². The van der Waals surface area contributed by atoms with E-state index in [0.29, 0.717) is 0 Å². The molecule has 11 heavy (non-hydrogen) atoms. The number of hydrogen-bond donors (Lipinski definition) is 3. The van der Waals surface area contributed by atoms with Crippen LogP contribution in [0.5, 0.6) is 0 Å². The van der Waals surface area contributed by atoms with Gasteiger partial charge in [0, 0.05) is 13.1 Å². The second-order valence-electron chi connectivity index (χ2n) is 3.22. The van der Waals surface area contributed by atoms with Crippen LogP contribution in [0, 0.1) is 11.3 Å². The van der Waals surface area contributed by atoms with Crippen molar-refractivity contribution in [2.24, 2.45) is 11.7 Å². The van der Waals surface area contributed by atoms with Crippen molar-refractivity contribution >= 4 is 5.96 Å². The molecule has 1 unspecified atom stereocenters. The fourth-order valence-electron chi connectivity index (χ4n) is 1.46. The van der Waals surface area contributed by atoms with E-state index in [1.165, 1.54) is 12.8 Å². The summed E-state index contributed by atoms with van der Waals surface area (Å²) < 4.78 is 0. The first kappa shape index (κ1) is 8.33. The molecule has 0 spiro atoms. The minimum Gasteiger partial charge on any atom is -0.369 e. The van der Waals surface area contributed by atoms with Crippen molar-refractivity contribution in [3.63, 3.8) is 0 Å². The van der Waals surface area contributed by atoms with Crippen LogP contribution in [0.4, 0.5) is 0 Å². The first-order valence-corrected chi connectivity index (χ1v) is 4.04. The largest absolute Gasteiger partial charge is 0.369 e. The van der Waals surface area contributed by atoms with E-state index in [0.717, 1.165) is 19.0 Å². The molecule has 4 N–H and O–H groups in total. The Bertz CT molecular complexity index is 145. The summed E-state index contributed by atoms with van der Waals surface area (Å²) >= 11 is 0. The Morgan fingerprint density at radius 2 is 2.45 bits per heavy atom. The molecular formula is C7H16N4. The van der Waals surface area contributed by atoms with Crippen molar-refractivity contribution in [1.82, 2.24) is 10.4 Å². The van der Waals surface area contributed by atoms with E-state index in [2.05, 4.69) is 12.3 Å². The van der Waals surface area contributed by atoms with Gasteiger partial charge in [0.1, 0.15) is 0 Å². The van der Waals surface area contributed by atoms with Crippen molar-refractivity contribution in [1.29, 1.82) is 5.41 Å². The SMILES string of the molecule is CC1CCCN(NC(=N)N)C1. The summed E-state index contributed by atoms with van der Waals surface area (Å²) in [5.74, 6) is 0.759. The molecule has 0 amide bonds. The maximum Gasteiger partial charge on any atom is 0.200 e. The molecule has 1 fully saturated rings. The van der Waals surface area contributed by atoms with Gasteiger partial charge in [-0.1, -0.05) is 6.92 Å². The Balaban J connectivity index is 2.28. The third-order valence-electron chi connectivity index (χ3n) is 1.94. The molecule has 64 valence electrons. The van der Waals surface area contributed by atoms with E-state index in [1.54, 1.807) is 0 Å². The number of hydrazine groups is 1. The van der Waals surface area contributed by atoms with Gasteiger partial charge in [0.25, 0.3) is 0 Å². The lowest BCUT2D eigenvalue weighted by molar-refractivity contribution is 0.153. The zero-order chi connectivity index (χ0) is 8.27. The van der Waals surface area contributed by atoms with Crippen LogP contribution in [-0.2, 0) is 0 Å². The van der Waals surface area contributed by atoms with Crippen LogP contribution < -0.4 is 11.2 Å². The molecule has 4 heteroatoms. The fraction of sp³-hybridized carbons (Fsp3) is 0.857. The van der Waals surface area contributed by atoms with Gasteiger partial charge in [-0.05, 0) is 18.8 Å². The van der Waals surface area contributed by atoms with E-state index in [1.807, 2.05) is 5.01 Å². The van der Waals surface area contributed by atoms with Gasteiger partial charge in [-0.15, -0.1) is 0 Å². The normalized spacial score (nSPS) is 26.5. The van der Waals surface area contributed by atoms with Crippen LogP contribution in [0.2, 0.25) is 0 Å². The highest BCUT2D eigenvalue weighted by atomic mass is 15.5. The fourth-order valence-corrected chi connectivity index (χ4v) is 1.46. The summed E-state index contributed by atoms with van der Waals surface area (Å²) in [4.78, 5) is 0. The molecule has 1 aliphatic rings. The number of nitrogens with one attached hydrogen (secondary N) is 2. The molecule has 1 heterocycles. The Hall–Kier alpha value is -0.770. The maximum atomic E-state index is 7.02. The summed E-state index contributed by atoms with van der Waals surface area (Å²) in [6.45, 7) is 4.22. The summed E-state index contributed by atoms with van der Waals surface area (Å²) in [6.07, 6.45) is 2.48. The second kappa shape index (κ2) is 3.57. The molecule has 0 aromatic carbocycles. The molecule has 0 bridgehead atoms. The molecule has 1 saturated heterocycles. The van der Waals surface area contributed by atoms with E-state index in [-0.39, 0.29) is 5.96 Å². The van der Waals surface area contributed by atoms with Crippen LogP contribution in [-0.4, -0.2) is 24.1 Å². The average Bonchev–Trinajstić information content (AvgIpc) is 1.85. The second-order valence-corrected chi connectivity index (χ2v) is 3.22. The highest BCUT2D eigenvalue weighted by Gasteiger charge is 2.15. The maximum absolute atomic E-state index is 7.02. The highest BCUT2D eigenvalue weighted by molar-refractivity contribution is 5.73. The molecule has 0 aliphatic carbocycles. The number of hydrogen-bond acceptors (Lipinski definition) is 2. The topological polar surface area (TPSA) is 65.1 Å². The van der Waals surface area contributed by atoms with Crippen molar-refractivity contribution in [2.75, 3.05) is 13.1 Å². The third kappa shape index (κ3) is 2.76. The zero-order valence-electron chi connectivity index (χ0n) is 6.93. The number of piperidine rings is 1. The van der Waals surface area contributed by atoms with E-state index in [9.17, 15) is 0 Å². The minimum atomic E-state index is 0.0408. The van der Waals surface area contributed by atoms with Gasteiger partial charge in [-0.3, -0.25) is 10.8 Å². The summed E-state index contributed by atoms with van der Waals surface area (Å²) in [5, 5.41) is 9.03. The molecule has 1 rings (SSSR count). The standard InChI is InChI=1S/C7H16N4/c1-6-3-2-4-11(5-6)10-7(8)9/h6H,2-5H2,1H3,(H4,8,9,10). The molecule has 1 aliphatic heterocycles. The molecule has 4 nitrogen and oxygen atoms in total. The van der Waals surface area contributed by atoms with E-state index < -0.39 is 0 Å². The van der Waals surface area contributed by atoms with Crippen LogP contribution in [0.15, 0.2) is 0 Å². The number of nitrogens with two attached hydrogens (primary N) is 1. The number of rotatable bonds is 1. The summed E-state index contributed by atoms with van der Waals surface area (Å²) in [6, 6.07) is 0. The van der Waals surface area contributed by atoms with Crippen LogP contribution in [0.3, 0.4) is 0 Å². The number of guanidine groups is 1. The lowest BCUT2D eigenvalue weighted by atomic mass is 10.0. The van der Waals surface area contributed by atoms with Crippen LogP contribution >= 0.6 is 0 Å². The lowest BCUT2D eigenvalue weighted by Gasteiger charge is -2.30. The highest BCUT2D eigenvalue weighted by Crippen LogP contribution is 2.12. The van der Waals surface area contributed by atoms with Gasteiger partial charge in [0.15, 0.2) is 0 Å². The monoisotopic (exact) mass is 156 g/mol. The van der Waals surface area contributed by atoms with Gasteiger partial charge in [-0.2, -0.15) is 0 Å². The Morgan fingerprint density at radius 3 is 3.00 bits per heavy atom. The first-order chi connectivity index (χ1) is 5.18. The summed E-state index contributed by atoms with van der Waals surface area (Å²) in [7, 11) is 0. The third-order valence-corrected chi connectivity index (χ3v) is 1.94. The quantitative estimate of drug-likeness (QED) is 0.373. The predicted molar refractivity (Wildman–Crippen MR) is 45.0 cm³/mol. The first-order valence-electron chi connectivity index (χ1n) is 4.04. The molecule has 0 radical (unpaired) electrons. The van der Waals surface area contributed by atoms with Crippen molar-refractivity contribution in [3.05, 3.63) is 0 Å². The lowest BCUT2D eigenvalue weighted by Crippen LogP contribution is -2.49. The van der Waals surface area contributed by atoms with Crippen molar-refractivity contribution in [3.8, 4) is 0 Å². The Labute approximate surface area is 67.2 Å². The molecule has 0 aromatic rings. The van der Waals surface area contributed by atoms with Gasteiger partial charge in [0.05, 0.1) is 0 Å². The number of nitrogens with zero attached hydrogens (tertiary/aromatic N) is 1. The van der Waals surface area contributed by atoms with E-state index >= 15 is 0 Å². The molecule has 1 atom stereocenters. The Morgan fingerprint density at radius 1 is 1.73 bits per heavy atom. The van der Waals surface area contributed by atoms with E-state index in [4.69, 9.17) is 11.1 Å². The molecule has 0 aromatic heterocycles. The van der Waals surface area contributed by atoms with Crippen LogP contribution in [0.1, 0.15) is 19.8 Å². The molecular weight excluding hydrogens is 140 g/mol. The van der Waals surface area contributed by atoms with Gasteiger partial charge < -0.3 is 5.73 Å².